The predicted molar refractivity (Wildman–Crippen MR) is 70.6 cm³/mol. The van der Waals surface area contributed by atoms with E-state index >= 15 is 0 Å². The number of aryl methyl sites for hydroxylation is 2. The summed E-state index contributed by atoms with van der Waals surface area (Å²) in [5.41, 5.74) is 2.49. The minimum Gasteiger partial charge on any atom is -0.362 e. The largest absolute Gasteiger partial charge is 0.362 e. The van der Waals surface area contributed by atoms with Gasteiger partial charge in [0.25, 0.3) is 0 Å². The van der Waals surface area contributed by atoms with Crippen LogP contribution in [0.3, 0.4) is 0 Å². The molecule has 0 fully saturated rings. The molecule has 94 valence electrons. The highest BCUT2D eigenvalue weighted by Crippen LogP contribution is 2.29. The van der Waals surface area contributed by atoms with Crippen LogP contribution in [0.25, 0.3) is 11.6 Å². The standard InChI is InChI=1S/C13H17N5/c1-17(2)12-9-5-4-6-10(9)15-11(16-12)13-14-7-8-18(13)3/h7-8H,4-6H2,1-3H3. The summed E-state index contributed by atoms with van der Waals surface area (Å²) >= 11 is 0. The van der Waals surface area contributed by atoms with Crippen LogP contribution >= 0.6 is 0 Å². The number of aromatic nitrogens is 4. The first kappa shape index (κ1) is 11.2. The van der Waals surface area contributed by atoms with E-state index in [1.165, 1.54) is 17.7 Å². The summed E-state index contributed by atoms with van der Waals surface area (Å²) in [5.74, 6) is 2.59. The Balaban J connectivity index is 2.18. The van der Waals surface area contributed by atoms with Crippen molar-refractivity contribution in [3.63, 3.8) is 0 Å². The molecule has 0 atom stereocenters. The Hall–Kier alpha value is -1.91. The average Bonchev–Trinajstić information content (AvgIpc) is 2.95. The molecule has 1 aliphatic carbocycles. The summed E-state index contributed by atoms with van der Waals surface area (Å²) in [5, 5.41) is 0. The van der Waals surface area contributed by atoms with Crippen molar-refractivity contribution < 1.29 is 0 Å². The summed E-state index contributed by atoms with van der Waals surface area (Å²) < 4.78 is 1.95. The average molecular weight is 243 g/mol. The molecule has 0 saturated heterocycles. The Morgan fingerprint density at radius 3 is 2.72 bits per heavy atom. The van der Waals surface area contributed by atoms with Gasteiger partial charge in [-0.1, -0.05) is 0 Å². The number of fused-ring (bicyclic) bond motifs is 1. The molecule has 2 heterocycles. The first-order valence-corrected chi connectivity index (χ1v) is 6.21. The second kappa shape index (κ2) is 4.08. The van der Waals surface area contributed by atoms with Crippen LogP contribution in [0, 0.1) is 0 Å². The zero-order chi connectivity index (χ0) is 12.7. The summed E-state index contributed by atoms with van der Waals surface area (Å²) in [4.78, 5) is 15.8. The van der Waals surface area contributed by atoms with Gasteiger partial charge in [-0.3, -0.25) is 0 Å². The molecular weight excluding hydrogens is 226 g/mol. The number of nitrogens with zero attached hydrogens (tertiary/aromatic N) is 5. The lowest BCUT2D eigenvalue weighted by atomic mass is 10.2. The third kappa shape index (κ3) is 1.66. The van der Waals surface area contributed by atoms with Gasteiger partial charge in [-0.15, -0.1) is 0 Å². The van der Waals surface area contributed by atoms with Crippen LogP contribution in [0.1, 0.15) is 17.7 Å². The molecule has 2 aromatic rings. The third-order valence-corrected chi connectivity index (χ3v) is 3.36. The number of hydrogen-bond acceptors (Lipinski definition) is 4. The van der Waals surface area contributed by atoms with E-state index in [2.05, 4.69) is 19.9 Å². The van der Waals surface area contributed by atoms with Crippen LogP contribution in [0.2, 0.25) is 0 Å². The summed E-state index contributed by atoms with van der Waals surface area (Å²) in [6, 6.07) is 0. The number of imidazole rings is 1. The van der Waals surface area contributed by atoms with E-state index in [9.17, 15) is 0 Å². The summed E-state index contributed by atoms with van der Waals surface area (Å²) in [6.45, 7) is 0. The van der Waals surface area contributed by atoms with Crippen molar-refractivity contribution in [3.05, 3.63) is 23.7 Å². The van der Waals surface area contributed by atoms with Crippen molar-refractivity contribution in [2.45, 2.75) is 19.3 Å². The van der Waals surface area contributed by atoms with Gasteiger partial charge in [-0.25, -0.2) is 15.0 Å². The normalized spacial score (nSPS) is 13.7. The van der Waals surface area contributed by atoms with Crippen molar-refractivity contribution in [2.24, 2.45) is 7.05 Å². The molecule has 0 aromatic carbocycles. The van der Waals surface area contributed by atoms with E-state index in [0.29, 0.717) is 0 Å². The van der Waals surface area contributed by atoms with E-state index in [-0.39, 0.29) is 0 Å². The summed E-state index contributed by atoms with van der Waals surface area (Å²) in [6.07, 6.45) is 7.01. The lowest BCUT2D eigenvalue weighted by Gasteiger charge is -2.16. The zero-order valence-corrected chi connectivity index (χ0v) is 11.0. The molecule has 5 heteroatoms. The molecule has 0 aliphatic heterocycles. The molecular formula is C13H17N5. The molecule has 0 spiro atoms. The van der Waals surface area contributed by atoms with E-state index in [4.69, 9.17) is 0 Å². The van der Waals surface area contributed by atoms with E-state index in [1.807, 2.05) is 31.9 Å². The van der Waals surface area contributed by atoms with E-state index < -0.39 is 0 Å². The highest BCUT2D eigenvalue weighted by molar-refractivity contribution is 5.56. The molecule has 0 radical (unpaired) electrons. The van der Waals surface area contributed by atoms with Crippen LogP contribution in [0.15, 0.2) is 12.4 Å². The molecule has 5 nitrogen and oxygen atoms in total. The third-order valence-electron chi connectivity index (χ3n) is 3.36. The maximum absolute atomic E-state index is 4.68. The Kier molecular flexibility index (Phi) is 2.54. The minimum absolute atomic E-state index is 0.729. The van der Waals surface area contributed by atoms with Crippen LogP contribution in [0.4, 0.5) is 5.82 Å². The van der Waals surface area contributed by atoms with Gasteiger partial charge in [0, 0.05) is 44.8 Å². The fourth-order valence-electron chi connectivity index (χ4n) is 2.46. The summed E-state index contributed by atoms with van der Waals surface area (Å²) in [7, 11) is 6.03. The number of anilines is 1. The fourth-order valence-corrected chi connectivity index (χ4v) is 2.46. The van der Waals surface area contributed by atoms with Gasteiger partial charge in [-0.05, 0) is 19.3 Å². The van der Waals surface area contributed by atoms with Crippen molar-refractivity contribution in [1.82, 2.24) is 19.5 Å². The molecule has 3 rings (SSSR count). The van der Waals surface area contributed by atoms with Gasteiger partial charge < -0.3 is 9.47 Å². The Morgan fingerprint density at radius 2 is 2.06 bits per heavy atom. The minimum atomic E-state index is 0.729. The highest BCUT2D eigenvalue weighted by Gasteiger charge is 2.21. The SMILES string of the molecule is CN(C)c1nc(-c2nccn2C)nc2c1CCC2. The van der Waals surface area contributed by atoms with E-state index in [1.54, 1.807) is 6.20 Å². The Bertz CT molecular complexity index is 585. The molecule has 0 amide bonds. The lowest BCUT2D eigenvalue weighted by molar-refractivity contribution is 0.887. The molecule has 0 bridgehead atoms. The first-order valence-electron chi connectivity index (χ1n) is 6.21. The fraction of sp³-hybridized carbons (Fsp3) is 0.462. The van der Waals surface area contributed by atoms with Crippen LogP contribution in [0.5, 0.6) is 0 Å². The second-order valence-corrected chi connectivity index (χ2v) is 4.91. The van der Waals surface area contributed by atoms with Gasteiger partial charge in [0.1, 0.15) is 5.82 Å². The number of hydrogen-bond donors (Lipinski definition) is 0. The van der Waals surface area contributed by atoms with Gasteiger partial charge >= 0.3 is 0 Å². The van der Waals surface area contributed by atoms with Gasteiger partial charge in [0.05, 0.1) is 0 Å². The van der Waals surface area contributed by atoms with E-state index in [0.717, 1.165) is 30.3 Å². The molecule has 2 aromatic heterocycles. The molecule has 0 N–H and O–H groups in total. The quantitative estimate of drug-likeness (QED) is 0.800. The van der Waals surface area contributed by atoms with Gasteiger partial charge in [0.2, 0.25) is 0 Å². The van der Waals surface area contributed by atoms with Crippen molar-refractivity contribution in [3.8, 4) is 11.6 Å². The molecule has 18 heavy (non-hydrogen) atoms. The maximum atomic E-state index is 4.68. The van der Waals surface area contributed by atoms with Crippen LogP contribution < -0.4 is 4.90 Å². The van der Waals surface area contributed by atoms with Gasteiger partial charge in [-0.2, -0.15) is 0 Å². The Morgan fingerprint density at radius 1 is 1.22 bits per heavy atom. The van der Waals surface area contributed by atoms with Crippen molar-refractivity contribution in [1.29, 1.82) is 0 Å². The van der Waals surface area contributed by atoms with Crippen molar-refractivity contribution in [2.75, 3.05) is 19.0 Å². The monoisotopic (exact) mass is 243 g/mol. The van der Waals surface area contributed by atoms with Crippen molar-refractivity contribution >= 4 is 5.82 Å². The topological polar surface area (TPSA) is 46.8 Å². The maximum Gasteiger partial charge on any atom is 0.198 e. The predicted octanol–water partition coefficient (Wildman–Crippen LogP) is 1.43. The lowest BCUT2D eigenvalue weighted by Crippen LogP contribution is -2.15. The van der Waals surface area contributed by atoms with Crippen LogP contribution in [-0.4, -0.2) is 33.6 Å². The zero-order valence-electron chi connectivity index (χ0n) is 11.0. The smallest absolute Gasteiger partial charge is 0.198 e. The first-order chi connectivity index (χ1) is 8.66. The molecule has 0 unspecified atom stereocenters. The van der Waals surface area contributed by atoms with Gasteiger partial charge in [0.15, 0.2) is 11.6 Å². The highest BCUT2D eigenvalue weighted by atomic mass is 15.2. The molecule has 1 aliphatic rings. The molecule has 0 saturated carbocycles. The van der Waals surface area contributed by atoms with Crippen LogP contribution in [-0.2, 0) is 19.9 Å². The second-order valence-electron chi connectivity index (χ2n) is 4.91. The number of rotatable bonds is 2. The Labute approximate surface area is 107 Å².